The van der Waals surface area contributed by atoms with Gasteiger partial charge in [-0.1, -0.05) is 27.7 Å². The first-order valence-electron chi connectivity index (χ1n) is 7.90. The van der Waals surface area contributed by atoms with Gasteiger partial charge in [0.1, 0.15) is 5.52 Å². The van der Waals surface area contributed by atoms with E-state index in [9.17, 15) is 4.79 Å². The number of ether oxygens (including phenoxy) is 1. The zero-order valence-corrected chi connectivity index (χ0v) is 16.0. The quantitative estimate of drug-likeness (QED) is 0.603. The third kappa shape index (κ3) is 3.23. The van der Waals surface area contributed by atoms with Crippen LogP contribution in [0.4, 0.5) is 0 Å². The Labute approximate surface area is 156 Å². The van der Waals surface area contributed by atoms with Gasteiger partial charge in [-0.15, -0.1) is 10.2 Å². The van der Waals surface area contributed by atoms with Crippen molar-refractivity contribution in [3.05, 3.63) is 22.7 Å². The molecule has 1 aliphatic heterocycles. The van der Waals surface area contributed by atoms with Gasteiger partial charge in [0, 0.05) is 30.0 Å². The Kier molecular flexibility index (Phi) is 4.61. The molecule has 1 aliphatic rings. The lowest BCUT2D eigenvalue weighted by atomic mass is 10.2. The summed E-state index contributed by atoms with van der Waals surface area (Å²) in [5.74, 6) is 0.390. The predicted molar refractivity (Wildman–Crippen MR) is 99.6 cm³/mol. The molecule has 0 saturated carbocycles. The molecule has 0 aliphatic carbocycles. The van der Waals surface area contributed by atoms with E-state index >= 15 is 0 Å². The second-order valence-electron chi connectivity index (χ2n) is 5.77. The highest BCUT2D eigenvalue weighted by molar-refractivity contribution is 9.10. The number of carbonyl (C=O) groups is 1. The zero-order valence-electron chi connectivity index (χ0n) is 13.6. The number of aryl methyl sites for hydroxylation is 1. The van der Waals surface area contributed by atoms with Crippen molar-refractivity contribution >= 4 is 55.7 Å². The number of morpholine rings is 1. The first kappa shape index (κ1) is 16.7. The smallest absolute Gasteiger partial charge is 0.233 e. The van der Waals surface area contributed by atoms with Crippen molar-refractivity contribution < 1.29 is 9.53 Å². The number of hydrogen-bond acceptors (Lipinski definition) is 6. The van der Waals surface area contributed by atoms with E-state index in [0.29, 0.717) is 37.2 Å². The molecule has 3 heterocycles. The Morgan fingerprint density at radius 2 is 2.12 bits per heavy atom. The van der Waals surface area contributed by atoms with Crippen molar-refractivity contribution in [2.45, 2.75) is 5.16 Å². The summed E-state index contributed by atoms with van der Waals surface area (Å²) in [5.41, 5.74) is 2.58. The molecule has 4 rings (SSSR count). The lowest BCUT2D eigenvalue weighted by Gasteiger charge is -2.26. The SMILES string of the molecule is Cn1c2ccc(Br)cc2c2nnc(SCC(=O)N3CCOCC3)nc21. The number of amides is 1. The van der Waals surface area contributed by atoms with Crippen LogP contribution in [0.1, 0.15) is 0 Å². The molecule has 0 atom stereocenters. The van der Waals surface area contributed by atoms with Crippen molar-refractivity contribution in [3.8, 4) is 0 Å². The largest absolute Gasteiger partial charge is 0.378 e. The average Bonchev–Trinajstić information content (AvgIpc) is 2.92. The van der Waals surface area contributed by atoms with Crippen molar-refractivity contribution in [3.63, 3.8) is 0 Å². The van der Waals surface area contributed by atoms with E-state index in [-0.39, 0.29) is 5.91 Å². The number of thioether (sulfide) groups is 1. The lowest BCUT2D eigenvalue weighted by molar-refractivity contribution is -0.132. The molecule has 2 aromatic heterocycles. The number of rotatable bonds is 3. The molecule has 1 amide bonds. The van der Waals surface area contributed by atoms with Crippen LogP contribution in [0, 0.1) is 0 Å². The van der Waals surface area contributed by atoms with Gasteiger partial charge >= 0.3 is 0 Å². The molecule has 0 bridgehead atoms. The average molecular weight is 422 g/mol. The van der Waals surface area contributed by atoms with Gasteiger partial charge in [0.05, 0.1) is 24.5 Å². The van der Waals surface area contributed by atoms with Gasteiger partial charge in [-0.3, -0.25) is 4.79 Å². The summed E-state index contributed by atoms with van der Waals surface area (Å²) in [5, 5.41) is 10.1. The number of fused-ring (bicyclic) bond motifs is 3. The second-order valence-corrected chi connectivity index (χ2v) is 7.63. The molecule has 130 valence electrons. The molecule has 3 aromatic rings. The summed E-state index contributed by atoms with van der Waals surface area (Å²) >= 11 is 4.81. The highest BCUT2D eigenvalue weighted by Gasteiger charge is 2.18. The molecule has 1 fully saturated rings. The normalized spacial score (nSPS) is 15.2. The van der Waals surface area contributed by atoms with Gasteiger partial charge < -0.3 is 14.2 Å². The van der Waals surface area contributed by atoms with Crippen molar-refractivity contribution in [1.29, 1.82) is 0 Å². The van der Waals surface area contributed by atoms with E-state index in [0.717, 1.165) is 26.5 Å². The zero-order chi connectivity index (χ0) is 17.4. The van der Waals surface area contributed by atoms with Gasteiger partial charge in [0.2, 0.25) is 11.1 Å². The molecule has 9 heteroatoms. The molecular weight excluding hydrogens is 406 g/mol. The number of aromatic nitrogens is 4. The van der Waals surface area contributed by atoms with Gasteiger partial charge in [0.15, 0.2) is 5.65 Å². The second kappa shape index (κ2) is 6.89. The minimum Gasteiger partial charge on any atom is -0.378 e. The number of carbonyl (C=O) groups excluding carboxylic acids is 1. The highest BCUT2D eigenvalue weighted by Crippen LogP contribution is 2.28. The molecule has 1 saturated heterocycles. The van der Waals surface area contributed by atoms with E-state index in [2.05, 4.69) is 31.1 Å². The lowest BCUT2D eigenvalue weighted by Crippen LogP contribution is -2.41. The molecule has 0 unspecified atom stereocenters. The van der Waals surface area contributed by atoms with Crippen LogP contribution < -0.4 is 0 Å². The van der Waals surface area contributed by atoms with Crippen molar-refractivity contribution in [1.82, 2.24) is 24.6 Å². The number of nitrogens with zero attached hydrogens (tertiary/aromatic N) is 5. The summed E-state index contributed by atoms with van der Waals surface area (Å²) in [7, 11) is 1.96. The van der Waals surface area contributed by atoms with Crippen LogP contribution in [0.15, 0.2) is 27.8 Å². The fraction of sp³-hybridized carbons (Fsp3) is 0.375. The molecule has 0 spiro atoms. The van der Waals surface area contributed by atoms with Crippen LogP contribution in [0.25, 0.3) is 22.1 Å². The van der Waals surface area contributed by atoms with Crippen molar-refractivity contribution in [2.75, 3.05) is 32.1 Å². The topological polar surface area (TPSA) is 73.1 Å². The van der Waals surface area contributed by atoms with E-state index < -0.39 is 0 Å². The van der Waals surface area contributed by atoms with Crippen LogP contribution in [0.5, 0.6) is 0 Å². The van der Waals surface area contributed by atoms with Gasteiger partial charge in [-0.2, -0.15) is 0 Å². The first-order chi connectivity index (χ1) is 12.1. The Morgan fingerprint density at radius 3 is 2.92 bits per heavy atom. The maximum Gasteiger partial charge on any atom is 0.233 e. The third-order valence-corrected chi connectivity index (χ3v) is 5.55. The van der Waals surface area contributed by atoms with E-state index in [1.165, 1.54) is 11.8 Å². The van der Waals surface area contributed by atoms with Gasteiger partial charge in [-0.25, -0.2) is 4.98 Å². The third-order valence-electron chi connectivity index (χ3n) is 4.23. The Hall–Kier alpha value is -1.71. The molecule has 25 heavy (non-hydrogen) atoms. The van der Waals surface area contributed by atoms with Crippen LogP contribution in [0.3, 0.4) is 0 Å². The van der Waals surface area contributed by atoms with Crippen LogP contribution in [-0.2, 0) is 16.6 Å². The Morgan fingerprint density at radius 1 is 1.32 bits per heavy atom. The minimum absolute atomic E-state index is 0.0815. The van der Waals surface area contributed by atoms with E-state index in [1.807, 2.05) is 34.7 Å². The maximum absolute atomic E-state index is 12.2. The number of benzene rings is 1. The summed E-state index contributed by atoms with van der Waals surface area (Å²) in [6.45, 7) is 2.50. The monoisotopic (exact) mass is 421 g/mol. The van der Waals surface area contributed by atoms with Crippen LogP contribution >= 0.6 is 27.7 Å². The molecule has 0 radical (unpaired) electrons. The van der Waals surface area contributed by atoms with Gasteiger partial charge in [-0.05, 0) is 18.2 Å². The molecule has 0 N–H and O–H groups in total. The fourth-order valence-electron chi connectivity index (χ4n) is 2.91. The summed E-state index contributed by atoms with van der Waals surface area (Å²) in [6, 6.07) is 6.03. The van der Waals surface area contributed by atoms with E-state index in [1.54, 1.807) is 0 Å². The first-order valence-corrected chi connectivity index (χ1v) is 9.68. The molecule has 1 aromatic carbocycles. The minimum atomic E-state index is 0.0815. The van der Waals surface area contributed by atoms with Crippen LogP contribution in [0.2, 0.25) is 0 Å². The summed E-state index contributed by atoms with van der Waals surface area (Å²) in [6.07, 6.45) is 0. The van der Waals surface area contributed by atoms with Crippen molar-refractivity contribution in [2.24, 2.45) is 7.05 Å². The summed E-state index contributed by atoms with van der Waals surface area (Å²) < 4.78 is 8.26. The van der Waals surface area contributed by atoms with Crippen LogP contribution in [-0.4, -0.2) is 62.6 Å². The maximum atomic E-state index is 12.2. The Balaban J connectivity index is 1.57. The Bertz CT molecular complexity index is 954. The number of halogens is 1. The number of hydrogen-bond donors (Lipinski definition) is 0. The summed E-state index contributed by atoms with van der Waals surface area (Å²) in [4.78, 5) is 18.7. The highest BCUT2D eigenvalue weighted by atomic mass is 79.9. The van der Waals surface area contributed by atoms with Gasteiger partial charge in [0.25, 0.3) is 0 Å². The molecular formula is C16H16BrN5O2S. The predicted octanol–water partition coefficient (Wildman–Crippen LogP) is 2.23. The van der Waals surface area contributed by atoms with E-state index in [4.69, 9.17) is 4.74 Å². The molecule has 7 nitrogen and oxygen atoms in total. The fourth-order valence-corrected chi connectivity index (χ4v) is 3.95. The standard InChI is InChI=1S/C16H16BrN5O2S/c1-21-12-3-2-10(17)8-11(12)14-15(21)18-16(20-19-14)25-9-13(23)22-4-6-24-7-5-22/h2-3,8H,4-7,9H2,1H3.